The lowest BCUT2D eigenvalue weighted by Gasteiger charge is -2.37. The van der Waals surface area contributed by atoms with E-state index in [1.165, 1.54) is 4.90 Å². The molecule has 0 aromatic rings. The van der Waals surface area contributed by atoms with Gasteiger partial charge in [-0.15, -0.1) is 0 Å². The molecule has 0 saturated heterocycles. The number of carbonyl (C=O) groups is 2. The van der Waals surface area contributed by atoms with Crippen molar-refractivity contribution >= 4 is 11.9 Å². The first-order valence-corrected chi connectivity index (χ1v) is 6.33. The minimum Gasteiger partial charge on any atom is -0.480 e. The van der Waals surface area contributed by atoms with E-state index in [1.54, 1.807) is 0 Å². The lowest BCUT2D eigenvalue weighted by Crippen LogP contribution is -2.51. The smallest absolute Gasteiger partial charge is 0.323 e. The summed E-state index contributed by atoms with van der Waals surface area (Å²) in [7, 11) is 0. The van der Waals surface area contributed by atoms with Crippen LogP contribution in [0.4, 0.5) is 0 Å². The Bertz CT molecular complexity index is 295. The van der Waals surface area contributed by atoms with Crippen LogP contribution in [0.15, 0.2) is 0 Å². The SMILES string of the molecule is CC(C)CC(CN)C(=O)N(CC(=O)O)C(C)(C)C. The number of carboxylic acid groups (broad SMARTS) is 1. The molecule has 0 aromatic carbocycles. The normalized spacial score (nSPS) is 13.5. The van der Waals surface area contributed by atoms with Gasteiger partial charge in [-0.2, -0.15) is 0 Å². The molecule has 0 aliphatic heterocycles. The summed E-state index contributed by atoms with van der Waals surface area (Å²) in [4.78, 5) is 24.6. The highest BCUT2D eigenvalue weighted by Crippen LogP contribution is 2.20. The van der Waals surface area contributed by atoms with Gasteiger partial charge in [0.05, 0.1) is 5.92 Å². The number of carbonyl (C=O) groups excluding carboxylic acids is 1. The summed E-state index contributed by atoms with van der Waals surface area (Å²) in [5.41, 5.74) is 5.12. The van der Waals surface area contributed by atoms with Crippen LogP contribution in [0.2, 0.25) is 0 Å². The number of hydrogen-bond donors (Lipinski definition) is 2. The monoisotopic (exact) mass is 258 g/mol. The van der Waals surface area contributed by atoms with E-state index >= 15 is 0 Å². The van der Waals surface area contributed by atoms with Gasteiger partial charge in [0.2, 0.25) is 5.91 Å². The van der Waals surface area contributed by atoms with Crippen molar-refractivity contribution in [1.82, 2.24) is 4.90 Å². The van der Waals surface area contributed by atoms with Gasteiger partial charge in [-0.25, -0.2) is 0 Å². The molecule has 1 unspecified atom stereocenters. The lowest BCUT2D eigenvalue weighted by atomic mass is 9.93. The third kappa shape index (κ3) is 5.49. The molecule has 0 heterocycles. The summed E-state index contributed by atoms with van der Waals surface area (Å²) in [5.74, 6) is -1.11. The fourth-order valence-corrected chi connectivity index (χ4v) is 1.87. The summed E-state index contributed by atoms with van der Waals surface area (Å²) in [6.45, 7) is 9.51. The first kappa shape index (κ1) is 16.9. The molecule has 3 N–H and O–H groups in total. The van der Waals surface area contributed by atoms with Crippen LogP contribution < -0.4 is 5.73 Å². The zero-order valence-corrected chi connectivity index (χ0v) is 12.1. The molecule has 18 heavy (non-hydrogen) atoms. The van der Waals surface area contributed by atoms with E-state index in [2.05, 4.69) is 0 Å². The summed E-state index contributed by atoms with van der Waals surface area (Å²) in [5, 5.41) is 8.91. The highest BCUT2D eigenvalue weighted by Gasteiger charge is 2.32. The van der Waals surface area contributed by atoms with Gasteiger partial charge in [0.25, 0.3) is 0 Å². The van der Waals surface area contributed by atoms with Crippen molar-refractivity contribution in [2.45, 2.75) is 46.6 Å². The molecule has 0 aliphatic rings. The van der Waals surface area contributed by atoms with Gasteiger partial charge < -0.3 is 15.7 Å². The van der Waals surface area contributed by atoms with Crippen molar-refractivity contribution in [1.29, 1.82) is 0 Å². The van der Waals surface area contributed by atoms with Crippen LogP contribution in [-0.2, 0) is 9.59 Å². The van der Waals surface area contributed by atoms with Crippen molar-refractivity contribution in [3.63, 3.8) is 0 Å². The maximum absolute atomic E-state index is 12.4. The molecular formula is C13H26N2O3. The minimum absolute atomic E-state index is 0.166. The molecule has 0 fully saturated rings. The van der Waals surface area contributed by atoms with E-state index < -0.39 is 11.5 Å². The fourth-order valence-electron chi connectivity index (χ4n) is 1.87. The Kier molecular flexibility index (Phi) is 6.32. The third-order valence-corrected chi connectivity index (χ3v) is 2.76. The van der Waals surface area contributed by atoms with Gasteiger partial charge in [-0.1, -0.05) is 13.8 Å². The first-order chi connectivity index (χ1) is 8.09. The van der Waals surface area contributed by atoms with Crippen molar-refractivity contribution in [3.8, 4) is 0 Å². The van der Waals surface area contributed by atoms with E-state index in [1.807, 2.05) is 34.6 Å². The van der Waals surface area contributed by atoms with Crippen molar-refractivity contribution in [2.24, 2.45) is 17.6 Å². The topological polar surface area (TPSA) is 83.6 Å². The Hall–Kier alpha value is -1.10. The second kappa shape index (κ2) is 6.73. The molecule has 0 aliphatic carbocycles. The molecule has 0 spiro atoms. The predicted molar refractivity (Wildman–Crippen MR) is 71.1 cm³/mol. The van der Waals surface area contributed by atoms with E-state index in [4.69, 9.17) is 10.8 Å². The number of hydrogen-bond acceptors (Lipinski definition) is 3. The van der Waals surface area contributed by atoms with Crippen molar-refractivity contribution < 1.29 is 14.7 Å². The fraction of sp³-hybridized carbons (Fsp3) is 0.846. The van der Waals surface area contributed by atoms with Gasteiger partial charge >= 0.3 is 5.97 Å². The molecule has 0 bridgehead atoms. The molecule has 106 valence electrons. The number of nitrogens with two attached hydrogens (primary N) is 1. The molecule has 1 atom stereocenters. The summed E-state index contributed by atoms with van der Waals surface area (Å²) < 4.78 is 0. The molecule has 0 aromatic heterocycles. The van der Waals surface area contributed by atoms with Crippen LogP contribution in [0.25, 0.3) is 0 Å². The maximum atomic E-state index is 12.4. The maximum Gasteiger partial charge on any atom is 0.323 e. The number of rotatable bonds is 6. The van der Waals surface area contributed by atoms with Crippen molar-refractivity contribution in [2.75, 3.05) is 13.1 Å². The Morgan fingerprint density at radius 2 is 1.78 bits per heavy atom. The van der Waals surface area contributed by atoms with Crippen LogP contribution in [0.5, 0.6) is 0 Å². The van der Waals surface area contributed by atoms with E-state index in [9.17, 15) is 9.59 Å². The molecule has 0 saturated carbocycles. The molecule has 0 rings (SSSR count). The number of carboxylic acids is 1. The Morgan fingerprint density at radius 1 is 1.28 bits per heavy atom. The van der Waals surface area contributed by atoms with Crippen LogP contribution in [0, 0.1) is 11.8 Å². The minimum atomic E-state index is -1.00. The summed E-state index contributed by atoms with van der Waals surface area (Å²) in [6, 6.07) is 0. The van der Waals surface area contributed by atoms with Gasteiger partial charge in [0.1, 0.15) is 6.54 Å². The molecule has 5 heteroatoms. The third-order valence-electron chi connectivity index (χ3n) is 2.76. The van der Waals surface area contributed by atoms with Gasteiger partial charge in [0.15, 0.2) is 0 Å². The van der Waals surface area contributed by atoms with Gasteiger partial charge in [-0.05, 0) is 33.1 Å². The lowest BCUT2D eigenvalue weighted by molar-refractivity contribution is -0.150. The summed E-state index contributed by atoms with van der Waals surface area (Å²) >= 11 is 0. The zero-order chi connectivity index (χ0) is 14.5. The average molecular weight is 258 g/mol. The number of nitrogens with zero attached hydrogens (tertiary/aromatic N) is 1. The van der Waals surface area contributed by atoms with Gasteiger partial charge in [-0.3, -0.25) is 9.59 Å². The highest BCUT2D eigenvalue weighted by molar-refractivity contribution is 5.84. The zero-order valence-electron chi connectivity index (χ0n) is 12.1. The van der Waals surface area contributed by atoms with Crippen LogP contribution >= 0.6 is 0 Å². The standard InChI is InChI=1S/C13H26N2O3/c1-9(2)6-10(7-14)12(18)15(8-11(16)17)13(3,4)5/h9-10H,6-8,14H2,1-5H3,(H,16,17). The predicted octanol–water partition coefficient (Wildman–Crippen LogP) is 1.32. The number of amides is 1. The average Bonchev–Trinajstić information content (AvgIpc) is 2.19. The van der Waals surface area contributed by atoms with Crippen LogP contribution in [0.1, 0.15) is 41.0 Å². The van der Waals surface area contributed by atoms with E-state index in [0.29, 0.717) is 12.3 Å². The molecule has 0 radical (unpaired) electrons. The Morgan fingerprint density at radius 3 is 2.06 bits per heavy atom. The van der Waals surface area contributed by atoms with Gasteiger partial charge in [0, 0.05) is 12.1 Å². The number of aliphatic carboxylic acids is 1. The second-order valence-electron chi connectivity index (χ2n) is 6.05. The molecule has 5 nitrogen and oxygen atoms in total. The van der Waals surface area contributed by atoms with E-state index in [-0.39, 0.29) is 24.9 Å². The highest BCUT2D eigenvalue weighted by atomic mass is 16.4. The first-order valence-electron chi connectivity index (χ1n) is 6.33. The Balaban J connectivity index is 4.98. The largest absolute Gasteiger partial charge is 0.480 e. The van der Waals surface area contributed by atoms with E-state index in [0.717, 1.165) is 0 Å². The molecule has 1 amide bonds. The van der Waals surface area contributed by atoms with Crippen LogP contribution in [0.3, 0.4) is 0 Å². The quantitative estimate of drug-likeness (QED) is 0.752. The van der Waals surface area contributed by atoms with Crippen LogP contribution in [-0.4, -0.2) is 40.5 Å². The van der Waals surface area contributed by atoms with Crippen molar-refractivity contribution in [3.05, 3.63) is 0 Å². The second-order valence-corrected chi connectivity index (χ2v) is 6.05. The summed E-state index contributed by atoms with van der Waals surface area (Å²) in [6.07, 6.45) is 0.682. The Labute approximate surface area is 109 Å². The molecular weight excluding hydrogens is 232 g/mol.